The summed E-state index contributed by atoms with van der Waals surface area (Å²) >= 11 is 1.69. The van der Waals surface area contributed by atoms with Crippen molar-refractivity contribution in [2.24, 2.45) is 4.99 Å². The Morgan fingerprint density at radius 3 is 2.46 bits per heavy atom. The Morgan fingerprint density at radius 2 is 1.76 bits per heavy atom. The fraction of sp³-hybridized carbons (Fsp3) is 0.333. The summed E-state index contributed by atoms with van der Waals surface area (Å²) < 4.78 is 7.04. The number of aryl methyl sites for hydroxylation is 2. The molecule has 1 saturated heterocycles. The first kappa shape index (κ1) is 26.8. The van der Waals surface area contributed by atoms with E-state index in [2.05, 4.69) is 63.1 Å². The van der Waals surface area contributed by atoms with Gasteiger partial charge < -0.3 is 14.5 Å². The second kappa shape index (κ2) is 10.9. The lowest BCUT2D eigenvalue weighted by molar-refractivity contribution is -0.141. The molecule has 41 heavy (non-hydrogen) atoms. The first-order valence-electron chi connectivity index (χ1n) is 13.6. The van der Waals surface area contributed by atoms with Gasteiger partial charge in [-0.1, -0.05) is 18.2 Å². The van der Waals surface area contributed by atoms with Gasteiger partial charge in [-0.05, 0) is 50.6 Å². The molecule has 1 aromatic carbocycles. The molecular weight excluding hydrogens is 538 g/mol. The second-order valence-corrected chi connectivity index (χ2v) is 11.4. The Kier molecular flexibility index (Phi) is 7.12. The predicted molar refractivity (Wildman–Crippen MR) is 159 cm³/mol. The van der Waals surface area contributed by atoms with E-state index in [-0.39, 0.29) is 12.4 Å². The van der Waals surface area contributed by atoms with Gasteiger partial charge >= 0.3 is 5.97 Å². The number of nitrogens with zero attached hydrogens (tertiary/aromatic N) is 7. The minimum Gasteiger partial charge on any atom is -0.469 e. The van der Waals surface area contributed by atoms with E-state index in [1.54, 1.807) is 17.4 Å². The van der Waals surface area contributed by atoms with Gasteiger partial charge in [-0.2, -0.15) is 0 Å². The molecule has 0 N–H and O–H groups in total. The molecule has 0 aliphatic carbocycles. The fourth-order valence-corrected chi connectivity index (χ4v) is 6.69. The molecular formula is C30H31N7O3S. The van der Waals surface area contributed by atoms with Gasteiger partial charge in [-0.3, -0.25) is 19.1 Å². The zero-order chi connectivity index (χ0) is 28.7. The molecule has 4 aromatic rings. The molecule has 1 fully saturated rings. The average Bonchev–Trinajstić information content (AvgIpc) is 3.49. The van der Waals surface area contributed by atoms with Crippen LogP contribution in [0.15, 0.2) is 47.5 Å². The SMILES string of the molecule is COC(=O)C[C@@H]1N=C(c2ccc(N3CCN(c4cccc(C=O)n4)CC3)cc2)c2c(sc(C)c2C)-n2c(C)nnc21. The summed E-state index contributed by atoms with van der Waals surface area (Å²) in [6.07, 6.45) is 0.865. The number of hydrogen-bond donors (Lipinski definition) is 0. The van der Waals surface area contributed by atoms with Crippen molar-refractivity contribution in [3.8, 4) is 5.00 Å². The Labute approximate surface area is 242 Å². The van der Waals surface area contributed by atoms with E-state index in [0.29, 0.717) is 11.5 Å². The topological polar surface area (TPSA) is 106 Å². The van der Waals surface area contributed by atoms with E-state index >= 15 is 0 Å². The number of esters is 1. The van der Waals surface area contributed by atoms with Gasteiger partial charge in [0.1, 0.15) is 28.4 Å². The van der Waals surface area contributed by atoms with Crippen LogP contribution in [0.25, 0.3) is 5.00 Å². The highest BCUT2D eigenvalue weighted by Crippen LogP contribution is 2.39. The summed E-state index contributed by atoms with van der Waals surface area (Å²) in [5.74, 6) is 1.90. The summed E-state index contributed by atoms with van der Waals surface area (Å²) in [5.41, 5.74) is 5.62. The van der Waals surface area contributed by atoms with Crippen molar-refractivity contribution in [2.45, 2.75) is 33.2 Å². The number of piperazine rings is 1. The number of thiophene rings is 1. The number of aliphatic imine (C=N–C) groups is 1. The van der Waals surface area contributed by atoms with Crippen LogP contribution in [0, 0.1) is 20.8 Å². The summed E-state index contributed by atoms with van der Waals surface area (Å²) in [7, 11) is 1.39. The lowest BCUT2D eigenvalue weighted by atomic mass is 9.99. The van der Waals surface area contributed by atoms with E-state index in [4.69, 9.17) is 9.73 Å². The number of aromatic nitrogens is 4. The number of aldehydes is 1. The van der Waals surface area contributed by atoms with Gasteiger partial charge in [-0.15, -0.1) is 21.5 Å². The molecule has 0 amide bonds. The van der Waals surface area contributed by atoms with Crippen LogP contribution in [-0.4, -0.2) is 71.0 Å². The fourth-order valence-electron chi connectivity index (χ4n) is 5.47. The van der Waals surface area contributed by atoms with Crippen LogP contribution in [0.1, 0.15) is 56.2 Å². The van der Waals surface area contributed by atoms with Crippen LogP contribution >= 0.6 is 11.3 Å². The lowest BCUT2D eigenvalue weighted by Gasteiger charge is -2.36. The van der Waals surface area contributed by atoms with Crippen molar-refractivity contribution < 1.29 is 14.3 Å². The number of ether oxygens (including phenoxy) is 1. The molecule has 11 heteroatoms. The lowest BCUT2D eigenvalue weighted by Crippen LogP contribution is -2.46. The third kappa shape index (κ3) is 4.90. The molecule has 210 valence electrons. The number of methoxy groups -OCH3 is 1. The number of fused-ring (bicyclic) bond motifs is 3. The van der Waals surface area contributed by atoms with E-state index in [1.807, 2.05) is 23.6 Å². The van der Waals surface area contributed by atoms with Gasteiger partial charge in [0.15, 0.2) is 12.1 Å². The Bertz CT molecular complexity index is 1650. The van der Waals surface area contributed by atoms with Crippen molar-refractivity contribution in [3.05, 3.63) is 81.4 Å². The molecule has 0 spiro atoms. The zero-order valence-corrected chi connectivity index (χ0v) is 24.3. The first-order chi connectivity index (χ1) is 19.9. The monoisotopic (exact) mass is 569 g/mol. The Balaban J connectivity index is 1.30. The predicted octanol–water partition coefficient (Wildman–Crippen LogP) is 4.24. The molecule has 0 saturated carbocycles. The van der Waals surface area contributed by atoms with Crippen molar-refractivity contribution in [1.29, 1.82) is 0 Å². The van der Waals surface area contributed by atoms with Gasteiger partial charge in [0.05, 0.1) is 19.2 Å². The highest BCUT2D eigenvalue weighted by atomic mass is 32.1. The molecule has 0 radical (unpaired) electrons. The minimum atomic E-state index is -0.517. The molecule has 2 aliphatic rings. The largest absolute Gasteiger partial charge is 0.469 e. The number of carbonyl (C=O) groups is 2. The van der Waals surface area contributed by atoms with E-state index in [9.17, 15) is 9.59 Å². The van der Waals surface area contributed by atoms with Gasteiger partial charge in [0.2, 0.25) is 0 Å². The number of anilines is 2. The average molecular weight is 570 g/mol. The molecule has 6 rings (SSSR count). The number of benzene rings is 1. The maximum absolute atomic E-state index is 12.4. The van der Waals surface area contributed by atoms with Crippen molar-refractivity contribution in [3.63, 3.8) is 0 Å². The number of rotatable bonds is 6. The maximum Gasteiger partial charge on any atom is 0.308 e. The van der Waals surface area contributed by atoms with E-state index < -0.39 is 6.04 Å². The smallest absolute Gasteiger partial charge is 0.308 e. The van der Waals surface area contributed by atoms with Gasteiger partial charge in [-0.25, -0.2) is 4.98 Å². The standard InChI is InChI=1S/C30H31N7O3S/c1-18-19(2)41-30-27(18)28(32-24(16-26(39)40-4)29-34-33-20(3)37(29)30)21-8-10-23(11-9-21)35-12-14-36(15-13-35)25-7-5-6-22(17-38)31-25/h5-11,17,24H,12-16H2,1-4H3/t24-/m0/s1. The highest BCUT2D eigenvalue weighted by molar-refractivity contribution is 7.15. The Hall–Kier alpha value is -4.38. The van der Waals surface area contributed by atoms with Gasteiger partial charge in [0, 0.05) is 47.9 Å². The molecule has 1 atom stereocenters. The van der Waals surface area contributed by atoms with Crippen LogP contribution < -0.4 is 9.80 Å². The highest BCUT2D eigenvalue weighted by Gasteiger charge is 2.32. The molecule has 5 heterocycles. The van der Waals surface area contributed by atoms with E-state index in [0.717, 1.165) is 77.2 Å². The minimum absolute atomic E-state index is 0.0814. The summed E-state index contributed by atoms with van der Waals surface area (Å²) in [4.78, 5) is 38.9. The van der Waals surface area contributed by atoms with Crippen molar-refractivity contribution in [2.75, 3.05) is 43.1 Å². The van der Waals surface area contributed by atoms with Crippen LogP contribution in [0.2, 0.25) is 0 Å². The molecule has 0 bridgehead atoms. The summed E-state index contributed by atoms with van der Waals surface area (Å²) in [6, 6.07) is 13.5. The number of hydrogen-bond acceptors (Lipinski definition) is 10. The third-order valence-corrected chi connectivity index (χ3v) is 9.01. The second-order valence-electron chi connectivity index (χ2n) is 10.2. The maximum atomic E-state index is 12.4. The van der Waals surface area contributed by atoms with Crippen LogP contribution in [0.5, 0.6) is 0 Å². The first-order valence-corrected chi connectivity index (χ1v) is 14.4. The zero-order valence-electron chi connectivity index (χ0n) is 23.5. The molecule has 10 nitrogen and oxygen atoms in total. The third-order valence-electron chi connectivity index (χ3n) is 7.81. The van der Waals surface area contributed by atoms with E-state index in [1.165, 1.54) is 12.0 Å². The summed E-state index contributed by atoms with van der Waals surface area (Å²) in [5, 5.41) is 9.79. The van der Waals surface area contributed by atoms with Gasteiger partial charge in [0.25, 0.3) is 0 Å². The Morgan fingerprint density at radius 1 is 1.02 bits per heavy atom. The van der Waals surface area contributed by atoms with Crippen molar-refractivity contribution in [1.82, 2.24) is 19.7 Å². The molecule has 3 aromatic heterocycles. The number of carbonyl (C=O) groups excluding carboxylic acids is 2. The normalized spacial score (nSPS) is 16.5. The summed E-state index contributed by atoms with van der Waals surface area (Å²) in [6.45, 7) is 9.47. The van der Waals surface area contributed by atoms with Crippen molar-refractivity contribution >= 4 is 40.8 Å². The molecule has 2 aliphatic heterocycles. The molecule has 0 unspecified atom stereocenters. The van der Waals surface area contributed by atoms with Crippen LogP contribution in [-0.2, 0) is 9.53 Å². The van der Waals surface area contributed by atoms with Crippen LogP contribution in [0.4, 0.5) is 11.5 Å². The quantitative estimate of drug-likeness (QED) is 0.251. The van der Waals surface area contributed by atoms with Crippen LogP contribution in [0.3, 0.4) is 0 Å². The number of pyridine rings is 1.